The monoisotopic (exact) mass is 778 g/mol. The summed E-state index contributed by atoms with van der Waals surface area (Å²) in [5.41, 5.74) is 17.8. The fraction of sp³-hybridized carbons (Fsp3) is 0.250. The summed E-state index contributed by atoms with van der Waals surface area (Å²) >= 11 is 0. The Morgan fingerprint density at radius 3 is 1.56 bits per heavy atom. The summed E-state index contributed by atoms with van der Waals surface area (Å²) in [5, 5.41) is 11.0. The van der Waals surface area contributed by atoms with E-state index >= 15 is 0 Å². The van der Waals surface area contributed by atoms with E-state index in [0.29, 0.717) is 30.8 Å². The predicted octanol–water partition coefficient (Wildman–Crippen LogP) is 9.59. The van der Waals surface area contributed by atoms with Crippen LogP contribution in [0.25, 0.3) is 56.1 Å². The van der Waals surface area contributed by atoms with E-state index in [1.165, 1.54) is 11.1 Å². The standard InChI is InChI=1S/C20H19FN4.C17H14N4.C3H7FO.C3H5FO.CH4/c1-14-3-8-18-19(13-14)25-12-9-17(23-20(25)24-18)15-4-6-16(7-5-15)22-11-2-10-21;1-11-2-7-15-16(10-11)21-9-8-14(19-17(21)20-15)12-3-5-13(18)6-4-12;2*4-2-1-3-5;/h3-9,12-13,22H,2,10-11H2,1H3;2-10H,18H2,1H3;5H,1-3H2;3H,1-2H2;1H4. The first-order chi connectivity index (χ1) is 27.3. The Hall–Kier alpha value is -6.34. The maximum atomic E-state index is 12.2. The molecule has 0 saturated carbocycles. The van der Waals surface area contributed by atoms with Gasteiger partial charge in [-0.2, -0.15) is 0 Å². The number of aldehydes is 1. The first-order valence-corrected chi connectivity index (χ1v) is 18.2. The van der Waals surface area contributed by atoms with Crippen molar-refractivity contribution in [2.75, 3.05) is 44.2 Å². The van der Waals surface area contributed by atoms with E-state index in [1.54, 1.807) is 0 Å². The number of fused-ring (bicyclic) bond motifs is 6. The van der Waals surface area contributed by atoms with Gasteiger partial charge in [-0.15, -0.1) is 0 Å². The van der Waals surface area contributed by atoms with E-state index in [4.69, 9.17) is 20.6 Å². The number of hydrogen-bond acceptors (Lipinski definition) is 8. The van der Waals surface area contributed by atoms with Crippen LogP contribution in [0.2, 0.25) is 0 Å². The normalized spacial score (nSPS) is 10.5. The van der Waals surface area contributed by atoms with Crippen LogP contribution in [-0.2, 0) is 4.79 Å². The number of carbonyl (C=O) groups is 1. The first kappa shape index (κ1) is 43.4. The second kappa shape index (κ2) is 21.7. The van der Waals surface area contributed by atoms with E-state index in [1.807, 2.05) is 94.0 Å². The smallest absolute Gasteiger partial charge is 0.235 e. The van der Waals surface area contributed by atoms with Gasteiger partial charge in [0.25, 0.3) is 0 Å². The van der Waals surface area contributed by atoms with Crippen LogP contribution in [0.3, 0.4) is 0 Å². The Morgan fingerprint density at radius 1 is 0.667 bits per heavy atom. The highest BCUT2D eigenvalue weighted by atomic mass is 19.1. The van der Waals surface area contributed by atoms with Crippen LogP contribution in [0.4, 0.5) is 24.5 Å². The quantitative estimate of drug-likeness (QED) is 0.0710. The molecule has 0 fully saturated rings. The summed E-state index contributed by atoms with van der Waals surface area (Å²) in [6, 6.07) is 32.2. The topological polar surface area (TPSA) is 136 Å². The zero-order valence-electron chi connectivity index (χ0n) is 31.4. The largest absolute Gasteiger partial charge is 0.399 e. The Bertz CT molecular complexity index is 2470. The lowest BCUT2D eigenvalue weighted by molar-refractivity contribution is -0.108. The average molecular weight is 779 g/mol. The fourth-order valence-corrected chi connectivity index (χ4v) is 5.55. The molecule has 0 saturated heterocycles. The number of nitrogens with one attached hydrogen (secondary N) is 1. The minimum Gasteiger partial charge on any atom is -0.399 e. The molecule has 0 aliphatic rings. The van der Waals surface area contributed by atoms with Crippen LogP contribution < -0.4 is 11.1 Å². The fourth-order valence-electron chi connectivity index (χ4n) is 5.55. The molecule has 0 unspecified atom stereocenters. The minimum atomic E-state index is -0.524. The molecule has 57 heavy (non-hydrogen) atoms. The van der Waals surface area contributed by atoms with E-state index in [0.717, 1.165) is 56.0 Å². The number of aliphatic hydroxyl groups excluding tert-OH is 1. The zero-order chi connectivity index (χ0) is 39.9. The number of nitrogens with zero attached hydrogens (tertiary/aromatic N) is 6. The summed E-state index contributed by atoms with van der Waals surface area (Å²) in [6.07, 6.45) is 5.43. The molecule has 0 aliphatic carbocycles. The number of alkyl halides is 3. The molecule has 4 N–H and O–H groups in total. The predicted molar refractivity (Wildman–Crippen MR) is 226 cm³/mol. The van der Waals surface area contributed by atoms with E-state index in [-0.39, 0.29) is 33.5 Å². The molecule has 0 aliphatic heterocycles. The SMILES string of the molecule is C.Cc1ccc2nc3nc(-c4ccc(N)cc4)ccn3c2c1.Cc1ccc2nc3nc(-c4ccc(NCCCF)cc4)ccn3c2c1.O=CCCF.OCCCF. The number of aromatic nitrogens is 6. The van der Waals surface area contributed by atoms with Gasteiger partial charge in [-0.25, -0.2) is 19.9 Å². The minimum absolute atomic E-state index is 0. The van der Waals surface area contributed by atoms with Crippen LogP contribution in [0.5, 0.6) is 0 Å². The third-order valence-corrected chi connectivity index (χ3v) is 8.40. The number of halogens is 3. The number of hydrogen-bond donors (Lipinski definition) is 3. The molecule has 13 heteroatoms. The summed E-state index contributed by atoms with van der Waals surface area (Å²) in [4.78, 5) is 27.7. The van der Waals surface area contributed by atoms with Gasteiger partial charge in [0.2, 0.25) is 11.6 Å². The number of anilines is 2. The molecular formula is C44H49F3N8O2. The molecule has 0 spiro atoms. The molecule has 4 heterocycles. The Balaban J connectivity index is 0.000000203. The van der Waals surface area contributed by atoms with Gasteiger partial charge in [-0.3, -0.25) is 22.0 Å². The molecule has 8 aromatic rings. The van der Waals surface area contributed by atoms with Crippen LogP contribution >= 0.6 is 0 Å². The molecule has 8 rings (SSSR count). The maximum Gasteiger partial charge on any atom is 0.235 e. The second-order valence-electron chi connectivity index (χ2n) is 12.8. The number of imidazole rings is 2. The zero-order valence-corrected chi connectivity index (χ0v) is 31.4. The van der Waals surface area contributed by atoms with Crippen LogP contribution in [0.15, 0.2) is 109 Å². The summed E-state index contributed by atoms with van der Waals surface area (Å²) < 4.78 is 37.8. The van der Waals surface area contributed by atoms with Crippen LogP contribution in [0, 0.1) is 13.8 Å². The van der Waals surface area contributed by atoms with Gasteiger partial charge in [0.1, 0.15) is 6.29 Å². The van der Waals surface area contributed by atoms with E-state index < -0.39 is 13.3 Å². The number of aryl methyl sites for hydroxylation is 2. The summed E-state index contributed by atoms with van der Waals surface area (Å²) in [7, 11) is 0. The number of benzene rings is 4. The summed E-state index contributed by atoms with van der Waals surface area (Å²) in [5.74, 6) is 1.41. The van der Waals surface area contributed by atoms with Gasteiger partial charge in [0.15, 0.2) is 0 Å². The highest BCUT2D eigenvalue weighted by Gasteiger charge is 2.09. The lowest BCUT2D eigenvalue weighted by Crippen LogP contribution is -2.01. The van der Waals surface area contributed by atoms with Gasteiger partial charge in [-0.1, -0.05) is 43.8 Å². The lowest BCUT2D eigenvalue weighted by Gasteiger charge is -2.06. The lowest BCUT2D eigenvalue weighted by atomic mass is 10.1. The van der Waals surface area contributed by atoms with Gasteiger partial charge >= 0.3 is 0 Å². The summed E-state index contributed by atoms with van der Waals surface area (Å²) in [6.45, 7) is 3.53. The van der Waals surface area contributed by atoms with Gasteiger partial charge in [-0.05, 0) is 98.5 Å². The number of nitrogen functional groups attached to an aromatic ring is 1. The number of aliphatic hydroxyl groups is 1. The number of carbonyl (C=O) groups excluding carboxylic acids is 1. The Kier molecular flexibility index (Phi) is 16.5. The van der Waals surface area contributed by atoms with Crippen molar-refractivity contribution in [3.63, 3.8) is 0 Å². The van der Waals surface area contributed by atoms with Crippen molar-refractivity contribution in [1.29, 1.82) is 0 Å². The molecule has 298 valence electrons. The van der Waals surface area contributed by atoms with Crippen molar-refractivity contribution >= 4 is 51.3 Å². The molecule has 4 aromatic heterocycles. The number of rotatable bonds is 10. The van der Waals surface area contributed by atoms with E-state index in [9.17, 15) is 13.2 Å². The number of nitrogens with two attached hydrogens (primary N) is 1. The third-order valence-electron chi connectivity index (χ3n) is 8.40. The van der Waals surface area contributed by atoms with Crippen molar-refractivity contribution in [1.82, 2.24) is 28.7 Å². The molecule has 0 bridgehead atoms. The van der Waals surface area contributed by atoms with Crippen molar-refractivity contribution in [2.45, 2.75) is 40.5 Å². The Labute approximate surface area is 330 Å². The molecule has 0 amide bonds. The second-order valence-corrected chi connectivity index (χ2v) is 12.8. The van der Waals surface area contributed by atoms with Gasteiger partial charge < -0.3 is 21.0 Å². The third kappa shape index (κ3) is 11.6. The van der Waals surface area contributed by atoms with Crippen molar-refractivity contribution in [3.8, 4) is 22.5 Å². The molecule has 0 radical (unpaired) electrons. The molecule has 4 aromatic carbocycles. The molecular weight excluding hydrogens is 730 g/mol. The molecule has 10 nitrogen and oxygen atoms in total. The van der Waals surface area contributed by atoms with Crippen molar-refractivity contribution < 1.29 is 23.1 Å². The highest BCUT2D eigenvalue weighted by molar-refractivity contribution is 5.82. The van der Waals surface area contributed by atoms with Gasteiger partial charge in [0.05, 0.1) is 53.5 Å². The van der Waals surface area contributed by atoms with E-state index in [2.05, 4.69) is 58.4 Å². The van der Waals surface area contributed by atoms with Crippen molar-refractivity contribution in [2.24, 2.45) is 0 Å². The van der Waals surface area contributed by atoms with Crippen LogP contribution in [0.1, 0.15) is 37.8 Å². The first-order valence-electron chi connectivity index (χ1n) is 18.2. The van der Waals surface area contributed by atoms with Crippen LogP contribution in [-0.4, -0.2) is 73.3 Å². The van der Waals surface area contributed by atoms with Gasteiger partial charge in [0, 0.05) is 54.5 Å². The van der Waals surface area contributed by atoms with Crippen molar-refractivity contribution in [3.05, 3.63) is 121 Å². The highest BCUT2D eigenvalue weighted by Crippen LogP contribution is 2.24. The Morgan fingerprint density at radius 2 is 1.16 bits per heavy atom. The molecule has 0 atom stereocenters. The maximum absolute atomic E-state index is 12.2. The average Bonchev–Trinajstić information content (AvgIpc) is 3.76.